The summed E-state index contributed by atoms with van der Waals surface area (Å²) in [5.74, 6) is 2.33. The van der Waals surface area contributed by atoms with E-state index in [0.29, 0.717) is 55.4 Å². The third-order valence-corrected chi connectivity index (χ3v) is 15.3. The van der Waals surface area contributed by atoms with Gasteiger partial charge in [-0.1, -0.05) is 100 Å². The van der Waals surface area contributed by atoms with Crippen molar-refractivity contribution in [3.05, 3.63) is 120 Å². The van der Waals surface area contributed by atoms with Crippen LogP contribution in [0, 0.1) is 23.7 Å². The first-order chi connectivity index (χ1) is 35.8. The molecular weight excluding hydrogens is 935 g/mol. The number of nitrogens with zero attached hydrogens (tertiary/aromatic N) is 3. The minimum atomic E-state index is -0.398. The molecule has 11 nitrogen and oxygen atoms in total. The van der Waals surface area contributed by atoms with Gasteiger partial charge in [0.05, 0.1) is 48.1 Å². The quantitative estimate of drug-likeness (QED) is 0.0114. The number of ether oxygens (including phenoxy) is 5. The van der Waals surface area contributed by atoms with Gasteiger partial charge in [0, 0.05) is 18.2 Å². The molecule has 5 aromatic rings. The minimum Gasteiger partial charge on any atom is -0.493 e. The summed E-state index contributed by atoms with van der Waals surface area (Å²) in [6.07, 6.45) is 22.4. The molecule has 73 heavy (non-hydrogen) atoms. The molecule has 0 aliphatic heterocycles. The largest absolute Gasteiger partial charge is 0.493 e. The number of hydrogen-bond donors (Lipinski definition) is 0. The summed E-state index contributed by atoms with van der Waals surface area (Å²) >= 11 is 1.61. The zero-order valence-corrected chi connectivity index (χ0v) is 44.1. The van der Waals surface area contributed by atoms with E-state index in [1.165, 1.54) is 55.7 Å². The van der Waals surface area contributed by atoms with Gasteiger partial charge in [0.1, 0.15) is 23.0 Å². The summed E-state index contributed by atoms with van der Waals surface area (Å²) in [4.78, 5) is 42.9. The highest BCUT2D eigenvalue weighted by Crippen LogP contribution is 2.35. The Morgan fingerprint density at radius 3 is 1.79 bits per heavy atom. The maximum Gasteiger partial charge on any atom is 0.330 e. The average Bonchev–Trinajstić information content (AvgIpc) is 3.86. The molecule has 0 unspecified atom stereocenters. The van der Waals surface area contributed by atoms with E-state index in [4.69, 9.17) is 33.8 Å². The molecule has 2 saturated carbocycles. The number of benzene rings is 4. The van der Waals surface area contributed by atoms with E-state index in [1.807, 2.05) is 71.9 Å². The number of fused-ring (bicyclic) bond motifs is 1. The molecule has 2 aliphatic rings. The van der Waals surface area contributed by atoms with Gasteiger partial charge in [0.25, 0.3) is 0 Å². The second-order valence-corrected chi connectivity index (χ2v) is 20.9. The van der Waals surface area contributed by atoms with Crippen LogP contribution in [0.3, 0.4) is 0 Å². The number of esters is 3. The number of anilines is 1. The van der Waals surface area contributed by atoms with E-state index in [-0.39, 0.29) is 23.8 Å². The molecule has 2 aliphatic carbocycles. The number of hydrazone groups is 1. The first-order valence-electron chi connectivity index (χ1n) is 27.2. The van der Waals surface area contributed by atoms with Gasteiger partial charge in [0.15, 0.2) is 0 Å². The second kappa shape index (κ2) is 29.6. The van der Waals surface area contributed by atoms with Gasteiger partial charge >= 0.3 is 17.9 Å². The van der Waals surface area contributed by atoms with Gasteiger partial charge in [-0.25, -0.2) is 14.8 Å². The Balaban J connectivity index is 0.970. The number of aromatic nitrogens is 1. The lowest BCUT2D eigenvalue weighted by Crippen LogP contribution is -2.28. The number of carbonyl (C=O) groups is 3. The van der Waals surface area contributed by atoms with Crippen molar-refractivity contribution in [1.82, 2.24) is 4.98 Å². The van der Waals surface area contributed by atoms with Crippen LogP contribution >= 0.6 is 11.3 Å². The number of rotatable bonds is 29. The summed E-state index contributed by atoms with van der Waals surface area (Å²) in [7, 11) is 0. The van der Waals surface area contributed by atoms with E-state index >= 15 is 0 Å². The maximum atomic E-state index is 13.2. The monoisotopic (exact) mass is 1010 g/mol. The van der Waals surface area contributed by atoms with Crippen LogP contribution in [0.15, 0.2) is 109 Å². The molecule has 4 aromatic carbocycles. The predicted molar refractivity (Wildman–Crippen MR) is 293 cm³/mol. The zero-order chi connectivity index (χ0) is 51.0. The average molecular weight is 1010 g/mol. The number of unbranched alkanes of at least 4 members (excludes halogenated alkanes) is 7. The van der Waals surface area contributed by atoms with Crippen LogP contribution in [0.2, 0.25) is 0 Å². The number of aryl methyl sites for hydroxylation is 2. The normalized spacial score (nSPS) is 17.8. The van der Waals surface area contributed by atoms with Gasteiger partial charge in [-0.15, -0.1) is 0 Å². The summed E-state index contributed by atoms with van der Waals surface area (Å²) in [6, 6.07) is 30.0. The predicted octanol–water partition coefficient (Wildman–Crippen LogP) is 14.5. The van der Waals surface area contributed by atoms with Crippen LogP contribution in [0.5, 0.6) is 23.0 Å². The van der Waals surface area contributed by atoms with E-state index < -0.39 is 5.97 Å². The van der Waals surface area contributed by atoms with Crippen molar-refractivity contribution in [3.63, 3.8) is 0 Å². The Morgan fingerprint density at radius 1 is 0.658 bits per heavy atom. The molecule has 7 rings (SSSR count). The molecular formula is C61H77N3O8S. The standard InChI is InChI=1S/C61H77N3O8S/c1-4-7-11-17-45-25-33-52(34-26-45)71-59(66)49-29-21-47(22-30-49)43-69-54-37-38-56(70-44-48-23-31-50(32-24-48)60(67)72-53-35-27-46(28-36-53)18-12-8-5-2)51(41-54)42-62-64(39-15-9-10-16-40-68-58(65)6-3)61-63-55-19-13-14-20-57(55)73-61/h6,13-14,19-20,25-28,33-38,41-42,47-50H,3-5,7-12,15-18,21-24,29-32,39-40,43-44H2,1-2H3/b62-42+. The molecule has 1 heterocycles. The number of carbonyl (C=O) groups excluding carboxylic acids is 3. The summed E-state index contributed by atoms with van der Waals surface area (Å²) < 4.78 is 31.1. The van der Waals surface area contributed by atoms with Crippen LogP contribution in [-0.2, 0) is 32.0 Å². The Labute approximate surface area is 437 Å². The zero-order valence-electron chi connectivity index (χ0n) is 43.3. The van der Waals surface area contributed by atoms with Crippen molar-refractivity contribution < 1.29 is 38.1 Å². The van der Waals surface area contributed by atoms with E-state index in [1.54, 1.807) is 11.3 Å². The number of para-hydroxylation sites is 1. The van der Waals surface area contributed by atoms with Crippen LogP contribution in [0.25, 0.3) is 10.2 Å². The number of thiazole rings is 1. The lowest BCUT2D eigenvalue weighted by Gasteiger charge is -2.28. The molecule has 390 valence electrons. The van der Waals surface area contributed by atoms with Crippen molar-refractivity contribution in [2.75, 3.05) is 31.4 Å². The Kier molecular flexibility index (Phi) is 22.2. The van der Waals surface area contributed by atoms with E-state index in [0.717, 1.165) is 117 Å². The third kappa shape index (κ3) is 17.9. The molecule has 0 saturated heterocycles. The molecule has 2 fully saturated rings. The van der Waals surface area contributed by atoms with Crippen LogP contribution in [-0.4, -0.2) is 55.5 Å². The first-order valence-corrected chi connectivity index (χ1v) is 28.1. The fourth-order valence-electron chi connectivity index (χ4n) is 9.66. The Hall–Kier alpha value is -6.01. The van der Waals surface area contributed by atoms with Crippen molar-refractivity contribution in [3.8, 4) is 23.0 Å². The molecule has 0 radical (unpaired) electrons. The maximum absolute atomic E-state index is 13.2. The fourth-order valence-corrected chi connectivity index (χ4v) is 10.6. The van der Waals surface area contributed by atoms with E-state index in [9.17, 15) is 14.4 Å². The highest BCUT2D eigenvalue weighted by molar-refractivity contribution is 7.22. The molecule has 1 aromatic heterocycles. The molecule has 12 heteroatoms. The highest BCUT2D eigenvalue weighted by atomic mass is 32.1. The van der Waals surface area contributed by atoms with Gasteiger partial charge in [-0.05, 0) is 174 Å². The Morgan fingerprint density at radius 2 is 1.22 bits per heavy atom. The summed E-state index contributed by atoms with van der Waals surface area (Å²) in [5.41, 5.74) is 4.27. The summed E-state index contributed by atoms with van der Waals surface area (Å²) in [6.45, 7) is 9.97. The lowest BCUT2D eigenvalue weighted by molar-refractivity contribution is -0.141. The lowest BCUT2D eigenvalue weighted by atomic mass is 9.82. The molecule has 0 spiro atoms. The van der Waals surface area contributed by atoms with Crippen LogP contribution < -0.4 is 24.0 Å². The van der Waals surface area contributed by atoms with Gasteiger partial charge in [0.2, 0.25) is 5.13 Å². The van der Waals surface area contributed by atoms with Crippen LogP contribution in [0.1, 0.15) is 146 Å². The van der Waals surface area contributed by atoms with Crippen molar-refractivity contribution >= 4 is 50.8 Å². The first kappa shape index (κ1) is 54.8. The van der Waals surface area contributed by atoms with Crippen molar-refractivity contribution in [2.24, 2.45) is 28.8 Å². The van der Waals surface area contributed by atoms with Gasteiger partial charge in [-0.2, -0.15) is 5.10 Å². The Bertz CT molecular complexity index is 2470. The van der Waals surface area contributed by atoms with Crippen molar-refractivity contribution in [1.29, 1.82) is 0 Å². The fraction of sp³-hybridized carbons (Fsp3) is 0.492. The second-order valence-electron chi connectivity index (χ2n) is 19.9. The van der Waals surface area contributed by atoms with Gasteiger partial charge < -0.3 is 23.7 Å². The summed E-state index contributed by atoms with van der Waals surface area (Å²) in [5, 5.41) is 7.85. The molecule has 0 atom stereocenters. The highest BCUT2D eigenvalue weighted by Gasteiger charge is 2.30. The topological polar surface area (TPSA) is 126 Å². The molecule has 0 amide bonds. The smallest absolute Gasteiger partial charge is 0.330 e. The minimum absolute atomic E-state index is 0.119. The molecule has 0 N–H and O–H groups in total. The van der Waals surface area contributed by atoms with E-state index in [2.05, 4.69) is 50.8 Å². The van der Waals surface area contributed by atoms with Gasteiger partial charge in [-0.3, -0.25) is 9.59 Å². The SMILES string of the molecule is C=CC(=O)OCCCCCCN(/N=C/c1cc(OCC2CCC(C(=O)Oc3ccc(CCCCC)cc3)CC2)ccc1OCC1CCC(C(=O)Oc2ccc(CCCCC)cc2)CC1)c1nc2ccccc2s1. The number of hydrogen-bond acceptors (Lipinski definition) is 12. The third-order valence-electron chi connectivity index (χ3n) is 14.2. The van der Waals surface area contributed by atoms with Crippen LogP contribution in [0.4, 0.5) is 5.13 Å². The van der Waals surface area contributed by atoms with Crippen molar-refractivity contribution in [2.45, 2.75) is 142 Å². The molecule has 0 bridgehead atoms.